The van der Waals surface area contributed by atoms with Gasteiger partial charge in [-0.15, -0.1) is 0 Å². The summed E-state index contributed by atoms with van der Waals surface area (Å²) in [6.07, 6.45) is 3.98. The van der Waals surface area contributed by atoms with E-state index >= 15 is 0 Å². The van der Waals surface area contributed by atoms with Gasteiger partial charge in [0.25, 0.3) is 0 Å². The van der Waals surface area contributed by atoms with Crippen molar-refractivity contribution in [1.82, 2.24) is 4.98 Å². The van der Waals surface area contributed by atoms with E-state index in [1.54, 1.807) is 0 Å². The van der Waals surface area contributed by atoms with Crippen molar-refractivity contribution in [3.63, 3.8) is 0 Å². The summed E-state index contributed by atoms with van der Waals surface area (Å²) in [6, 6.07) is 4.11. The van der Waals surface area contributed by atoms with Gasteiger partial charge in [-0.05, 0) is 37.8 Å². The van der Waals surface area contributed by atoms with Gasteiger partial charge in [0, 0.05) is 32.4 Å². The molecule has 2 N–H and O–H groups in total. The van der Waals surface area contributed by atoms with Crippen molar-refractivity contribution in [3.8, 4) is 0 Å². The number of rotatable bonds is 4. The molecular formula is C14H23N3O. The molecule has 1 aliphatic rings. The van der Waals surface area contributed by atoms with Crippen LogP contribution in [0.4, 0.5) is 5.82 Å². The van der Waals surface area contributed by atoms with Crippen molar-refractivity contribution < 1.29 is 4.74 Å². The zero-order valence-electron chi connectivity index (χ0n) is 11.4. The average Bonchev–Trinajstić information content (AvgIpc) is 2.39. The summed E-state index contributed by atoms with van der Waals surface area (Å²) in [4.78, 5) is 6.77. The molecule has 4 nitrogen and oxygen atoms in total. The number of pyridine rings is 1. The molecule has 1 atom stereocenters. The summed E-state index contributed by atoms with van der Waals surface area (Å²) in [7, 11) is 2.07. The number of nitrogens with two attached hydrogens (primary N) is 1. The van der Waals surface area contributed by atoms with Crippen LogP contribution in [0, 0.1) is 6.92 Å². The third-order valence-corrected chi connectivity index (χ3v) is 3.54. The van der Waals surface area contributed by atoms with E-state index in [2.05, 4.69) is 23.0 Å². The Labute approximate surface area is 109 Å². The number of nitrogens with zero attached hydrogens (tertiary/aromatic N) is 2. The second-order valence-electron chi connectivity index (χ2n) is 4.99. The van der Waals surface area contributed by atoms with Gasteiger partial charge in [-0.3, -0.25) is 0 Å². The minimum absolute atomic E-state index is 0.347. The Bertz CT molecular complexity index is 389. The topological polar surface area (TPSA) is 51.4 Å². The highest BCUT2D eigenvalue weighted by atomic mass is 16.5. The number of aryl methyl sites for hydroxylation is 1. The molecule has 0 saturated carbocycles. The second-order valence-corrected chi connectivity index (χ2v) is 4.99. The van der Waals surface area contributed by atoms with Gasteiger partial charge < -0.3 is 15.4 Å². The number of anilines is 1. The molecule has 100 valence electrons. The summed E-state index contributed by atoms with van der Waals surface area (Å²) in [5.41, 5.74) is 7.78. The van der Waals surface area contributed by atoms with Crippen molar-refractivity contribution in [1.29, 1.82) is 0 Å². The number of aromatic nitrogens is 1. The van der Waals surface area contributed by atoms with E-state index in [1.807, 2.05) is 13.0 Å². The largest absolute Gasteiger partial charge is 0.376 e. The summed E-state index contributed by atoms with van der Waals surface area (Å²) in [5.74, 6) is 0.999. The van der Waals surface area contributed by atoms with E-state index < -0.39 is 0 Å². The predicted molar refractivity (Wildman–Crippen MR) is 73.7 cm³/mol. The second kappa shape index (κ2) is 6.16. The summed E-state index contributed by atoms with van der Waals surface area (Å²) in [6.45, 7) is 4.37. The fraction of sp³-hybridized carbons (Fsp3) is 0.643. The number of hydrogen-bond acceptors (Lipinski definition) is 4. The van der Waals surface area contributed by atoms with Crippen LogP contribution in [0.25, 0.3) is 0 Å². The van der Waals surface area contributed by atoms with Crippen molar-refractivity contribution in [2.24, 2.45) is 5.73 Å². The third kappa shape index (κ3) is 3.21. The fourth-order valence-electron chi connectivity index (χ4n) is 2.36. The molecule has 2 rings (SSSR count). The van der Waals surface area contributed by atoms with Crippen molar-refractivity contribution in [3.05, 3.63) is 23.4 Å². The van der Waals surface area contributed by atoms with Crippen LogP contribution in [-0.2, 0) is 11.3 Å². The van der Waals surface area contributed by atoms with Gasteiger partial charge in [0.1, 0.15) is 5.82 Å². The first-order chi connectivity index (χ1) is 8.70. The molecule has 1 aromatic heterocycles. The van der Waals surface area contributed by atoms with Crippen LogP contribution in [-0.4, -0.2) is 31.3 Å². The smallest absolute Gasteiger partial charge is 0.128 e. The molecule has 1 fully saturated rings. The molecule has 1 unspecified atom stereocenters. The monoisotopic (exact) mass is 249 g/mol. The maximum Gasteiger partial charge on any atom is 0.128 e. The minimum Gasteiger partial charge on any atom is -0.376 e. The van der Waals surface area contributed by atoms with E-state index in [0.29, 0.717) is 12.6 Å². The van der Waals surface area contributed by atoms with Crippen molar-refractivity contribution in [2.45, 2.75) is 38.8 Å². The SMILES string of the molecule is Cc1nc(N(C)CC2CCCCO2)ccc1CN. The quantitative estimate of drug-likeness (QED) is 0.885. The fourth-order valence-corrected chi connectivity index (χ4v) is 2.36. The lowest BCUT2D eigenvalue weighted by Gasteiger charge is -2.28. The highest BCUT2D eigenvalue weighted by Gasteiger charge is 2.16. The van der Waals surface area contributed by atoms with Crippen LogP contribution in [0.1, 0.15) is 30.5 Å². The van der Waals surface area contributed by atoms with Gasteiger partial charge in [0.05, 0.1) is 6.10 Å². The molecule has 0 spiro atoms. The van der Waals surface area contributed by atoms with Gasteiger partial charge in [0.15, 0.2) is 0 Å². The van der Waals surface area contributed by atoms with Gasteiger partial charge in [-0.1, -0.05) is 6.07 Å². The zero-order chi connectivity index (χ0) is 13.0. The van der Waals surface area contributed by atoms with E-state index in [-0.39, 0.29) is 0 Å². The first-order valence-electron chi connectivity index (χ1n) is 6.70. The number of ether oxygens (including phenoxy) is 1. The Hall–Kier alpha value is -1.13. The molecule has 1 aromatic rings. The summed E-state index contributed by atoms with van der Waals surface area (Å²) in [5, 5.41) is 0. The standard InChI is InChI=1S/C14H23N3O/c1-11-12(9-15)6-7-14(16-11)17(2)10-13-5-3-4-8-18-13/h6-7,13H,3-5,8-10,15H2,1-2H3. The number of likely N-dealkylation sites (N-methyl/N-ethyl adjacent to an activating group) is 1. The lowest BCUT2D eigenvalue weighted by atomic mass is 10.1. The van der Waals surface area contributed by atoms with Crippen LogP contribution in [0.5, 0.6) is 0 Å². The van der Waals surface area contributed by atoms with Crippen LogP contribution < -0.4 is 10.6 Å². The zero-order valence-corrected chi connectivity index (χ0v) is 11.4. The van der Waals surface area contributed by atoms with Gasteiger partial charge >= 0.3 is 0 Å². The maximum atomic E-state index is 5.76. The van der Waals surface area contributed by atoms with E-state index in [9.17, 15) is 0 Å². The molecule has 0 radical (unpaired) electrons. The lowest BCUT2D eigenvalue weighted by molar-refractivity contribution is 0.0215. The highest BCUT2D eigenvalue weighted by molar-refractivity contribution is 5.41. The number of hydrogen-bond donors (Lipinski definition) is 1. The Kier molecular flexibility index (Phi) is 4.55. The summed E-state index contributed by atoms with van der Waals surface area (Å²) >= 11 is 0. The molecule has 4 heteroatoms. The Morgan fingerprint density at radius 2 is 2.28 bits per heavy atom. The third-order valence-electron chi connectivity index (χ3n) is 3.54. The van der Waals surface area contributed by atoms with E-state index in [4.69, 9.17) is 10.5 Å². The highest BCUT2D eigenvalue weighted by Crippen LogP contribution is 2.18. The normalized spacial score (nSPS) is 19.8. The maximum absolute atomic E-state index is 5.76. The average molecular weight is 249 g/mol. The van der Waals surface area contributed by atoms with Crippen LogP contribution in [0.15, 0.2) is 12.1 Å². The lowest BCUT2D eigenvalue weighted by Crippen LogP contribution is -2.33. The predicted octanol–water partition coefficient (Wildman–Crippen LogP) is 1.85. The van der Waals surface area contributed by atoms with Crippen molar-refractivity contribution >= 4 is 5.82 Å². The van der Waals surface area contributed by atoms with Crippen LogP contribution in [0.3, 0.4) is 0 Å². The van der Waals surface area contributed by atoms with E-state index in [1.165, 1.54) is 12.8 Å². The molecule has 18 heavy (non-hydrogen) atoms. The molecular weight excluding hydrogens is 226 g/mol. The molecule has 0 amide bonds. The molecule has 1 aliphatic heterocycles. The Balaban J connectivity index is 1.99. The van der Waals surface area contributed by atoms with Crippen LogP contribution >= 0.6 is 0 Å². The van der Waals surface area contributed by atoms with E-state index in [0.717, 1.165) is 36.6 Å². The van der Waals surface area contributed by atoms with Gasteiger partial charge in [-0.2, -0.15) is 0 Å². The molecule has 0 bridgehead atoms. The first-order valence-corrected chi connectivity index (χ1v) is 6.70. The summed E-state index contributed by atoms with van der Waals surface area (Å²) < 4.78 is 5.76. The first kappa shape index (κ1) is 13.3. The molecule has 0 aliphatic carbocycles. The minimum atomic E-state index is 0.347. The van der Waals surface area contributed by atoms with Crippen molar-refractivity contribution in [2.75, 3.05) is 25.1 Å². The Morgan fingerprint density at radius 3 is 2.89 bits per heavy atom. The molecule has 1 saturated heterocycles. The molecule has 0 aromatic carbocycles. The van der Waals surface area contributed by atoms with Crippen LogP contribution in [0.2, 0.25) is 0 Å². The van der Waals surface area contributed by atoms with Gasteiger partial charge in [0.2, 0.25) is 0 Å². The van der Waals surface area contributed by atoms with Gasteiger partial charge in [-0.25, -0.2) is 4.98 Å². The molecule has 2 heterocycles. The Morgan fingerprint density at radius 1 is 1.44 bits per heavy atom.